The molecule has 5 nitrogen and oxygen atoms in total. The first-order valence-electron chi connectivity index (χ1n) is 6.85. The van der Waals surface area contributed by atoms with Crippen LogP contribution < -0.4 is 0 Å². The molecule has 3 aliphatic heterocycles. The normalized spacial score (nSPS) is 32.2. The van der Waals surface area contributed by atoms with Crippen molar-refractivity contribution in [2.24, 2.45) is 5.92 Å². The first kappa shape index (κ1) is 15.0. The van der Waals surface area contributed by atoms with Crippen LogP contribution in [0.4, 0.5) is 0 Å². The van der Waals surface area contributed by atoms with E-state index in [1.807, 2.05) is 0 Å². The average molecular weight is 327 g/mol. The van der Waals surface area contributed by atoms with Crippen molar-refractivity contribution in [3.05, 3.63) is 23.3 Å². The lowest BCUT2D eigenvalue weighted by Crippen LogP contribution is -2.64. The maximum Gasteiger partial charge on any atom is 0.356 e. The number of aliphatic hydroxyl groups is 1. The molecule has 0 spiro atoms. The van der Waals surface area contributed by atoms with Crippen LogP contribution >= 0.6 is 23.5 Å². The number of ether oxygens (including phenoxy) is 1. The molecular formula is C14H17NO4S2. The molecule has 114 valence electrons. The van der Waals surface area contributed by atoms with E-state index in [2.05, 4.69) is 6.58 Å². The van der Waals surface area contributed by atoms with Gasteiger partial charge in [0, 0.05) is 16.4 Å². The summed E-state index contributed by atoms with van der Waals surface area (Å²) >= 11 is 3.38. The van der Waals surface area contributed by atoms with Crippen LogP contribution in [0.2, 0.25) is 0 Å². The number of amides is 1. The minimum atomic E-state index is -0.698. The number of carbonyl (C=O) groups is 2. The van der Waals surface area contributed by atoms with Crippen LogP contribution in [0.5, 0.6) is 0 Å². The lowest BCUT2D eigenvalue weighted by Gasteiger charge is -2.47. The largest absolute Gasteiger partial charge is 0.457 e. The summed E-state index contributed by atoms with van der Waals surface area (Å²) in [5.41, 5.74) is 0.381. The van der Waals surface area contributed by atoms with Gasteiger partial charge in [-0.05, 0) is 6.92 Å². The van der Waals surface area contributed by atoms with Crippen LogP contribution in [0, 0.1) is 5.92 Å². The lowest BCUT2D eigenvalue weighted by atomic mass is 9.83. The molecule has 2 fully saturated rings. The van der Waals surface area contributed by atoms with E-state index in [-0.39, 0.29) is 23.8 Å². The second kappa shape index (κ2) is 5.70. The predicted molar refractivity (Wildman–Crippen MR) is 82.7 cm³/mol. The van der Waals surface area contributed by atoms with Crippen LogP contribution in [0.1, 0.15) is 6.92 Å². The number of nitrogens with zero attached hydrogens (tertiary/aromatic N) is 1. The van der Waals surface area contributed by atoms with Crippen molar-refractivity contribution in [2.75, 3.05) is 18.1 Å². The van der Waals surface area contributed by atoms with Crippen LogP contribution in [0.25, 0.3) is 0 Å². The number of carbonyl (C=O) groups excluding carboxylic acids is 2. The summed E-state index contributed by atoms with van der Waals surface area (Å²) in [5, 5.41) is 9.92. The molecule has 4 atom stereocenters. The van der Waals surface area contributed by atoms with Gasteiger partial charge < -0.3 is 9.84 Å². The second-order valence-electron chi connectivity index (χ2n) is 5.21. The van der Waals surface area contributed by atoms with Gasteiger partial charge in [-0.2, -0.15) is 11.8 Å². The Morgan fingerprint density at radius 3 is 3.05 bits per heavy atom. The number of hydrogen-bond acceptors (Lipinski definition) is 6. The monoisotopic (exact) mass is 327 g/mol. The molecule has 0 aromatic rings. The summed E-state index contributed by atoms with van der Waals surface area (Å²) in [6.45, 7) is 5.29. The maximum absolute atomic E-state index is 12.3. The molecule has 0 unspecified atom stereocenters. The molecule has 0 bridgehead atoms. The molecule has 1 amide bonds. The van der Waals surface area contributed by atoms with Crippen molar-refractivity contribution in [1.29, 1.82) is 0 Å². The van der Waals surface area contributed by atoms with Crippen LogP contribution in [0.3, 0.4) is 0 Å². The highest BCUT2D eigenvalue weighted by molar-refractivity contribution is 8.09. The van der Waals surface area contributed by atoms with Crippen molar-refractivity contribution in [3.63, 3.8) is 0 Å². The summed E-state index contributed by atoms with van der Waals surface area (Å²) in [6, 6.07) is -0.114. The molecule has 0 aliphatic carbocycles. The molecule has 3 aliphatic rings. The number of aliphatic hydroxyl groups excluding tert-OH is 1. The third-order valence-electron chi connectivity index (χ3n) is 3.92. The highest BCUT2D eigenvalue weighted by atomic mass is 32.2. The van der Waals surface area contributed by atoms with Gasteiger partial charge in [-0.15, -0.1) is 11.8 Å². The summed E-state index contributed by atoms with van der Waals surface area (Å²) < 4.78 is 5.13. The van der Waals surface area contributed by atoms with Gasteiger partial charge in [0.25, 0.3) is 0 Å². The standard InChI is InChI=1S/C14H17NO4S2/c1-3-4-19-14(18)10-12-11(20-5-6-21-12)9-8(7(2)16)13(17)15(9)10/h3,7-9,11,16H,1,4-6H2,2H3/t7-,8-,9+,11+/m1/s1. The summed E-state index contributed by atoms with van der Waals surface area (Å²) in [5.74, 6) is 0.844. The maximum atomic E-state index is 12.3. The lowest BCUT2D eigenvalue weighted by molar-refractivity contribution is -0.161. The molecule has 21 heavy (non-hydrogen) atoms. The van der Waals surface area contributed by atoms with Crippen molar-refractivity contribution < 1.29 is 19.4 Å². The van der Waals surface area contributed by atoms with Gasteiger partial charge in [0.1, 0.15) is 12.3 Å². The van der Waals surface area contributed by atoms with E-state index in [1.54, 1.807) is 30.4 Å². The first-order valence-corrected chi connectivity index (χ1v) is 8.89. The second-order valence-corrected chi connectivity index (χ2v) is 7.59. The van der Waals surface area contributed by atoms with Gasteiger partial charge in [-0.25, -0.2) is 4.79 Å². The van der Waals surface area contributed by atoms with Gasteiger partial charge in [-0.3, -0.25) is 9.69 Å². The van der Waals surface area contributed by atoms with E-state index in [0.29, 0.717) is 5.70 Å². The number of hydrogen-bond donors (Lipinski definition) is 1. The highest BCUT2D eigenvalue weighted by Gasteiger charge is 2.62. The average Bonchev–Trinajstić information content (AvgIpc) is 2.75. The van der Waals surface area contributed by atoms with Gasteiger partial charge >= 0.3 is 5.97 Å². The Hall–Kier alpha value is -0.920. The molecule has 7 heteroatoms. The first-order chi connectivity index (χ1) is 10.1. The minimum Gasteiger partial charge on any atom is -0.457 e. The SMILES string of the molecule is C=CCOC(=O)C1=C2SCCS[C@H]2[C@@H]2[C@@H]([C@@H](C)O)C(=O)N12. The number of thioether (sulfide) groups is 2. The molecule has 0 aromatic heterocycles. The molecule has 3 rings (SSSR count). The van der Waals surface area contributed by atoms with Crippen molar-refractivity contribution in [1.82, 2.24) is 4.90 Å². The fourth-order valence-corrected chi connectivity index (χ4v) is 6.04. The zero-order valence-corrected chi connectivity index (χ0v) is 13.3. The molecule has 0 aromatic carbocycles. The fourth-order valence-electron chi connectivity index (χ4n) is 3.07. The van der Waals surface area contributed by atoms with E-state index in [9.17, 15) is 14.7 Å². The zero-order valence-electron chi connectivity index (χ0n) is 11.7. The zero-order chi connectivity index (χ0) is 15.1. The number of rotatable bonds is 4. The third-order valence-corrected chi connectivity index (χ3v) is 6.80. The van der Waals surface area contributed by atoms with Crippen LogP contribution in [-0.4, -0.2) is 57.4 Å². The number of esters is 1. The predicted octanol–water partition coefficient (Wildman–Crippen LogP) is 0.997. The molecule has 3 heterocycles. The van der Waals surface area contributed by atoms with Crippen molar-refractivity contribution in [3.8, 4) is 0 Å². The van der Waals surface area contributed by atoms with Gasteiger partial charge in [0.2, 0.25) is 5.91 Å². The van der Waals surface area contributed by atoms with Gasteiger partial charge in [0.15, 0.2) is 0 Å². The minimum absolute atomic E-state index is 0.0901. The molecular weight excluding hydrogens is 310 g/mol. The summed E-state index contributed by atoms with van der Waals surface area (Å²) in [7, 11) is 0. The van der Waals surface area contributed by atoms with Gasteiger partial charge in [0.05, 0.1) is 23.3 Å². The van der Waals surface area contributed by atoms with E-state index >= 15 is 0 Å². The Balaban J connectivity index is 1.92. The van der Waals surface area contributed by atoms with E-state index in [1.165, 1.54) is 11.0 Å². The van der Waals surface area contributed by atoms with Crippen LogP contribution in [-0.2, 0) is 14.3 Å². The Bertz CT molecular complexity index is 531. The van der Waals surface area contributed by atoms with Crippen molar-refractivity contribution >= 4 is 35.4 Å². The number of fused-ring (bicyclic) bond motifs is 3. The Morgan fingerprint density at radius 2 is 2.38 bits per heavy atom. The topological polar surface area (TPSA) is 66.8 Å². The van der Waals surface area contributed by atoms with E-state index < -0.39 is 18.0 Å². The Kier molecular flexibility index (Phi) is 4.07. The van der Waals surface area contributed by atoms with Crippen LogP contribution in [0.15, 0.2) is 23.3 Å². The van der Waals surface area contributed by atoms with E-state index in [4.69, 9.17) is 4.74 Å². The molecule has 0 saturated carbocycles. The Morgan fingerprint density at radius 1 is 1.62 bits per heavy atom. The van der Waals surface area contributed by atoms with E-state index in [0.717, 1.165) is 16.4 Å². The number of β-lactam (4-membered cyclic amide) rings is 1. The smallest absolute Gasteiger partial charge is 0.356 e. The fraction of sp³-hybridized carbons (Fsp3) is 0.571. The summed E-state index contributed by atoms with van der Waals surface area (Å²) in [4.78, 5) is 27.0. The molecule has 1 N–H and O–H groups in total. The highest BCUT2D eigenvalue weighted by Crippen LogP contribution is 2.53. The quantitative estimate of drug-likeness (QED) is 0.472. The molecule has 2 saturated heterocycles. The van der Waals surface area contributed by atoms with Crippen molar-refractivity contribution in [2.45, 2.75) is 24.3 Å². The Labute approximate surface area is 131 Å². The summed E-state index contributed by atoms with van der Waals surface area (Å²) in [6.07, 6.45) is 0.808. The molecule has 0 radical (unpaired) electrons. The van der Waals surface area contributed by atoms with Gasteiger partial charge in [-0.1, -0.05) is 12.7 Å². The third kappa shape index (κ3) is 2.22.